The minimum absolute atomic E-state index is 0. The third-order valence-electron chi connectivity index (χ3n) is 5.07. The Morgan fingerprint density at radius 3 is 2.39 bits per heavy atom. The van der Waals surface area contributed by atoms with Crippen molar-refractivity contribution >= 4 is 29.9 Å². The van der Waals surface area contributed by atoms with Crippen molar-refractivity contribution in [2.45, 2.75) is 39.2 Å². The zero-order chi connectivity index (χ0) is 21.0. The molecule has 2 aromatic carbocycles. The lowest BCUT2D eigenvalue weighted by Crippen LogP contribution is -2.39. The number of guanidine groups is 1. The maximum atomic E-state index is 4.90. The number of nitrogens with zero attached hydrogens (tertiary/aromatic N) is 4. The molecule has 0 spiro atoms. The summed E-state index contributed by atoms with van der Waals surface area (Å²) in [6, 6.07) is 21.3. The molecule has 3 aromatic rings. The van der Waals surface area contributed by atoms with Gasteiger partial charge in [0.05, 0.1) is 0 Å². The van der Waals surface area contributed by atoms with E-state index in [-0.39, 0.29) is 24.0 Å². The van der Waals surface area contributed by atoms with Crippen LogP contribution in [0.2, 0.25) is 0 Å². The molecule has 0 aliphatic carbocycles. The molecule has 0 saturated carbocycles. The molecule has 0 bridgehead atoms. The lowest BCUT2D eigenvalue weighted by Gasteiger charge is -2.18. The first-order valence-electron chi connectivity index (χ1n) is 10.8. The van der Waals surface area contributed by atoms with Gasteiger partial charge in [-0.1, -0.05) is 67.6 Å². The van der Waals surface area contributed by atoms with Crippen molar-refractivity contribution in [2.24, 2.45) is 4.99 Å². The van der Waals surface area contributed by atoms with Gasteiger partial charge >= 0.3 is 0 Å². The Bertz CT molecular complexity index is 895. The second kappa shape index (κ2) is 13.8. The molecule has 1 atom stereocenters. The van der Waals surface area contributed by atoms with Crippen molar-refractivity contribution < 1.29 is 0 Å². The normalized spacial score (nSPS) is 12.1. The van der Waals surface area contributed by atoms with Crippen LogP contribution >= 0.6 is 24.0 Å². The number of rotatable bonds is 10. The number of aromatic nitrogens is 3. The molecule has 1 unspecified atom stereocenters. The van der Waals surface area contributed by atoms with Crippen LogP contribution in [0.4, 0.5) is 0 Å². The fraction of sp³-hybridized carbons (Fsp3) is 0.375. The van der Waals surface area contributed by atoms with Gasteiger partial charge in [-0.25, -0.2) is 0 Å². The molecule has 31 heavy (non-hydrogen) atoms. The molecule has 6 nitrogen and oxygen atoms in total. The van der Waals surface area contributed by atoms with Crippen molar-refractivity contribution in [3.8, 4) is 0 Å². The zero-order valence-electron chi connectivity index (χ0n) is 18.4. The average molecular weight is 532 g/mol. The Balaban J connectivity index is 0.00000341. The number of halogens is 1. The fourth-order valence-corrected chi connectivity index (χ4v) is 3.49. The van der Waals surface area contributed by atoms with Crippen LogP contribution in [0.5, 0.6) is 0 Å². The van der Waals surface area contributed by atoms with E-state index in [9.17, 15) is 0 Å². The highest BCUT2D eigenvalue weighted by molar-refractivity contribution is 14.0. The molecule has 7 heteroatoms. The number of hydrogen-bond acceptors (Lipinski definition) is 3. The number of nitrogens with one attached hydrogen (secondary N) is 2. The number of aryl methyl sites for hydroxylation is 1. The van der Waals surface area contributed by atoms with Crippen LogP contribution in [0.15, 0.2) is 72.0 Å². The largest absolute Gasteiger partial charge is 0.357 e. The summed E-state index contributed by atoms with van der Waals surface area (Å²) in [6.45, 7) is 7.31. The fourth-order valence-electron chi connectivity index (χ4n) is 3.49. The highest BCUT2D eigenvalue weighted by Crippen LogP contribution is 2.21. The van der Waals surface area contributed by atoms with Crippen LogP contribution in [0.25, 0.3) is 0 Å². The van der Waals surface area contributed by atoms with Gasteiger partial charge in [-0.05, 0) is 24.5 Å². The van der Waals surface area contributed by atoms with Gasteiger partial charge in [0.15, 0.2) is 5.96 Å². The summed E-state index contributed by atoms with van der Waals surface area (Å²) in [7, 11) is 0. The highest BCUT2D eigenvalue weighted by atomic mass is 127. The van der Waals surface area contributed by atoms with E-state index in [1.165, 1.54) is 11.1 Å². The van der Waals surface area contributed by atoms with E-state index in [4.69, 9.17) is 4.99 Å². The van der Waals surface area contributed by atoms with Crippen molar-refractivity contribution in [3.05, 3.63) is 83.9 Å². The van der Waals surface area contributed by atoms with Crippen LogP contribution in [-0.2, 0) is 19.4 Å². The van der Waals surface area contributed by atoms with Gasteiger partial charge in [-0.3, -0.25) is 4.99 Å². The average Bonchev–Trinajstić information content (AvgIpc) is 3.25. The van der Waals surface area contributed by atoms with E-state index in [1.807, 2.05) is 0 Å². The predicted molar refractivity (Wildman–Crippen MR) is 138 cm³/mol. The van der Waals surface area contributed by atoms with Gasteiger partial charge < -0.3 is 15.2 Å². The molecular weight excluding hydrogens is 499 g/mol. The van der Waals surface area contributed by atoms with Gasteiger partial charge in [0, 0.05) is 38.5 Å². The third-order valence-corrected chi connectivity index (χ3v) is 5.07. The third kappa shape index (κ3) is 7.97. The van der Waals surface area contributed by atoms with Crippen LogP contribution in [0, 0.1) is 0 Å². The molecule has 1 aromatic heterocycles. The number of aliphatic imine (C=N–C) groups is 1. The highest BCUT2D eigenvalue weighted by Gasteiger charge is 2.12. The van der Waals surface area contributed by atoms with E-state index in [1.54, 1.807) is 6.33 Å². The molecule has 166 valence electrons. The van der Waals surface area contributed by atoms with E-state index in [0.29, 0.717) is 5.92 Å². The van der Waals surface area contributed by atoms with Crippen LogP contribution in [-0.4, -0.2) is 40.4 Å². The minimum Gasteiger partial charge on any atom is -0.357 e. The number of benzene rings is 2. The Morgan fingerprint density at radius 1 is 1.00 bits per heavy atom. The Morgan fingerprint density at radius 2 is 1.71 bits per heavy atom. The van der Waals surface area contributed by atoms with E-state index in [0.717, 1.165) is 50.8 Å². The molecular formula is C24H33IN6. The summed E-state index contributed by atoms with van der Waals surface area (Å²) < 4.78 is 2.08. The standard InChI is InChI=1S/C24H32N6.HI/c1-3-23-29-28-19-30(23)16-15-26-24(25-4-2)27-18-22(21-13-9-6-10-14-21)17-20-11-7-5-8-12-20;/h5-14,19,22H,3-4,15-18H2,1-2H3,(H2,25,26,27);1H. The molecule has 0 saturated heterocycles. The maximum Gasteiger partial charge on any atom is 0.191 e. The van der Waals surface area contributed by atoms with E-state index in [2.05, 4.69) is 99.9 Å². The molecule has 3 rings (SSSR count). The quantitative estimate of drug-likeness (QED) is 0.235. The summed E-state index contributed by atoms with van der Waals surface area (Å²) in [5, 5.41) is 14.9. The molecule has 2 N–H and O–H groups in total. The lowest BCUT2D eigenvalue weighted by molar-refractivity contribution is 0.629. The van der Waals surface area contributed by atoms with Gasteiger partial charge in [-0.2, -0.15) is 0 Å². The van der Waals surface area contributed by atoms with Crippen molar-refractivity contribution in [2.75, 3.05) is 19.6 Å². The van der Waals surface area contributed by atoms with Crippen molar-refractivity contribution in [1.29, 1.82) is 0 Å². The lowest BCUT2D eigenvalue weighted by atomic mass is 9.92. The van der Waals surface area contributed by atoms with E-state index < -0.39 is 0 Å². The van der Waals surface area contributed by atoms with Crippen LogP contribution in [0.3, 0.4) is 0 Å². The molecule has 0 aliphatic rings. The molecule has 0 amide bonds. The first-order valence-corrected chi connectivity index (χ1v) is 10.8. The smallest absolute Gasteiger partial charge is 0.191 e. The summed E-state index contributed by atoms with van der Waals surface area (Å²) in [5.74, 6) is 2.18. The molecule has 0 fully saturated rings. The monoisotopic (exact) mass is 532 g/mol. The maximum absolute atomic E-state index is 4.90. The van der Waals surface area contributed by atoms with Gasteiger partial charge in [0.25, 0.3) is 0 Å². The Labute approximate surface area is 202 Å². The SMILES string of the molecule is CCNC(=NCC(Cc1ccccc1)c1ccccc1)NCCn1cnnc1CC.I. The van der Waals surface area contributed by atoms with Gasteiger partial charge in [-0.15, -0.1) is 34.2 Å². The first kappa shape index (κ1) is 24.8. The second-order valence-electron chi connectivity index (χ2n) is 7.24. The minimum atomic E-state index is 0. The topological polar surface area (TPSA) is 67.1 Å². The summed E-state index contributed by atoms with van der Waals surface area (Å²) in [6.07, 6.45) is 3.64. The first-order chi connectivity index (χ1) is 14.8. The van der Waals surface area contributed by atoms with Gasteiger partial charge in [0.1, 0.15) is 12.2 Å². The van der Waals surface area contributed by atoms with Crippen LogP contribution in [0.1, 0.15) is 36.7 Å². The Kier molecular flexibility index (Phi) is 11.1. The molecule has 0 radical (unpaired) electrons. The zero-order valence-corrected chi connectivity index (χ0v) is 20.7. The molecule has 0 aliphatic heterocycles. The van der Waals surface area contributed by atoms with Crippen molar-refractivity contribution in [1.82, 2.24) is 25.4 Å². The summed E-state index contributed by atoms with van der Waals surface area (Å²) in [5.41, 5.74) is 2.65. The summed E-state index contributed by atoms with van der Waals surface area (Å²) in [4.78, 5) is 4.90. The van der Waals surface area contributed by atoms with Gasteiger partial charge in [0.2, 0.25) is 0 Å². The van der Waals surface area contributed by atoms with Crippen molar-refractivity contribution in [3.63, 3.8) is 0 Å². The molecule has 1 heterocycles. The predicted octanol–water partition coefficient (Wildman–Crippen LogP) is 4.04. The van der Waals surface area contributed by atoms with E-state index >= 15 is 0 Å². The van der Waals surface area contributed by atoms with Crippen LogP contribution < -0.4 is 10.6 Å². The Hall–Kier alpha value is -2.42. The second-order valence-corrected chi connectivity index (χ2v) is 7.24. The summed E-state index contributed by atoms with van der Waals surface area (Å²) >= 11 is 0. The number of hydrogen-bond donors (Lipinski definition) is 2.